The summed E-state index contributed by atoms with van der Waals surface area (Å²) in [6.07, 6.45) is 3.35. The summed E-state index contributed by atoms with van der Waals surface area (Å²) in [4.78, 5) is 14.5. The Hall–Kier alpha value is -2.53. The smallest absolute Gasteiger partial charge is 0.253 e. The monoisotopic (exact) mass is 441 g/mol. The Morgan fingerprint density at radius 3 is 2.54 bits per heavy atom. The fraction of sp³-hybridized carbons (Fsp3) is 0.261. The van der Waals surface area contributed by atoms with Crippen LogP contribution in [0.1, 0.15) is 35.0 Å². The van der Waals surface area contributed by atoms with E-state index in [4.69, 9.17) is 9.15 Å². The highest BCUT2D eigenvalue weighted by molar-refractivity contribution is 9.10. The molecule has 146 valence electrons. The van der Waals surface area contributed by atoms with Crippen molar-refractivity contribution in [3.63, 3.8) is 0 Å². The molecular weight excluding hydrogens is 418 g/mol. The number of para-hydroxylation sites is 1. The number of aryl methyl sites for hydroxylation is 1. The predicted octanol–water partition coefficient (Wildman–Crippen LogP) is 5.71. The molecule has 0 unspecified atom stereocenters. The third-order valence-electron chi connectivity index (χ3n) is 4.80. The van der Waals surface area contributed by atoms with Crippen LogP contribution in [0.4, 0.5) is 0 Å². The van der Waals surface area contributed by atoms with Crippen molar-refractivity contribution in [1.82, 2.24) is 4.90 Å². The number of halogens is 1. The van der Waals surface area contributed by atoms with E-state index in [0.717, 1.165) is 34.4 Å². The number of benzene rings is 2. The van der Waals surface area contributed by atoms with Gasteiger partial charge in [0.05, 0.1) is 10.7 Å². The zero-order chi connectivity index (χ0) is 19.9. The van der Waals surface area contributed by atoms with Gasteiger partial charge in [-0.05, 0) is 71.2 Å². The minimum absolute atomic E-state index is 0.0187. The van der Waals surface area contributed by atoms with E-state index in [-0.39, 0.29) is 11.9 Å². The summed E-state index contributed by atoms with van der Waals surface area (Å²) >= 11 is 3.47. The van der Waals surface area contributed by atoms with Gasteiger partial charge in [-0.2, -0.15) is 0 Å². The summed E-state index contributed by atoms with van der Waals surface area (Å²) < 4.78 is 12.1. The maximum Gasteiger partial charge on any atom is 0.253 e. The van der Waals surface area contributed by atoms with Crippen LogP contribution in [-0.4, -0.2) is 23.9 Å². The number of carbonyl (C=O) groups is 1. The summed E-state index contributed by atoms with van der Waals surface area (Å²) in [7, 11) is 1.85. The normalized spacial score (nSPS) is 11.8. The number of rotatable bonds is 8. The van der Waals surface area contributed by atoms with E-state index in [1.807, 2.05) is 67.7 Å². The van der Waals surface area contributed by atoms with Crippen LogP contribution in [0.15, 0.2) is 75.8 Å². The lowest BCUT2D eigenvalue weighted by Crippen LogP contribution is -2.35. The zero-order valence-corrected chi connectivity index (χ0v) is 17.7. The van der Waals surface area contributed by atoms with Crippen LogP contribution in [0.3, 0.4) is 0 Å². The number of carbonyl (C=O) groups excluding carboxylic acids is 1. The largest absolute Gasteiger partial charge is 0.488 e. The van der Waals surface area contributed by atoms with Gasteiger partial charge in [0, 0.05) is 25.1 Å². The summed E-state index contributed by atoms with van der Waals surface area (Å²) in [5.41, 5.74) is 1.69. The Morgan fingerprint density at radius 1 is 1.11 bits per heavy atom. The van der Waals surface area contributed by atoms with Gasteiger partial charge >= 0.3 is 0 Å². The molecule has 0 saturated carbocycles. The van der Waals surface area contributed by atoms with Crippen molar-refractivity contribution in [3.8, 4) is 5.75 Å². The molecule has 1 heterocycles. The van der Waals surface area contributed by atoms with E-state index >= 15 is 0 Å². The van der Waals surface area contributed by atoms with Crippen LogP contribution in [0.2, 0.25) is 0 Å². The highest BCUT2D eigenvalue weighted by Crippen LogP contribution is 2.24. The Labute approximate surface area is 174 Å². The van der Waals surface area contributed by atoms with E-state index in [9.17, 15) is 4.79 Å². The van der Waals surface area contributed by atoms with Gasteiger partial charge in [0.2, 0.25) is 0 Å². The summed E-state index contributed by atoms with van der Waals surface area (Å²) in [6.45, 7) is 2.51. The van der Waals surface area contributed by atoms with Crippen LogP contribution in [0.25, 0.3) is 0 Å². The first-order valence-electron chi connectivity index (χ1n) is 9.30. The molecule has 5 heteroatoms. The van der Waals surface area contributed by atoms with E-state index in [1.165, 1.54) is 0 Å². The van der Waals surface area contributed by atoms with Crippen molar-refractivity contribution in [3.05, 3.63) is 88.3 Å². The van der Waals surface area contributed by atoms with Crippen molar-refractivity contribution in [1.29, 1.82) is 0 Å². The first kappa shape index (κ1) is 20.2. The SMILES string of the molecule is C[C@@H](CCc1ccco1)N(C)C(=O)c1ccc(COc2ccccc2Br)cc1. The first-order valence-corrected chi connectivity index (χ1v) is 10.1. The summed E-state index contributed by atoms with van der Waals surface area (Å²) in [5, 5.41) is 0. The van der Waals surface area contributed by atoms with Crippen molar-refractivity contribution in [2.45, 2.75) is 32.4 Å². The number of ether oxygens (including phenoxy) is 1. The molecule has 0 spiro atoms. The molecule has 0 aliphatic carbocycles. The third-order valence-corrected chi connectivity index (χ3v) is 5.46. The maximum atomic E-state index is 12.7. The van der Waals surface area contributed by atoms with Crippen LogP contribution < -0.4 is 4.74 Å². The average molecular weight is 442 g/mol. The molecule has 0 fully saturated rings. The lowest BCUT2D eigenvalue weighted by molar-refractivity contribution is 0.0736. The number of amides is 1. The molecule has 0 radical (unpaired) electrons. The highest BCUT2D eigenvalue weighted by Gasteiger charge is 2.17. The first-order chi connectivity index (χ1) is 13.5. The van der Waals surface area contributed by atoms with Gasteiger partial charge in [-0.15, -0.1) is 0 Å². The summed E-state index contributed by atoms with van der Waals surface area (Å²) in [5.74, 6) is 1.76. The number of furan rings is 1. The van der Waals surface area contributed by atoms with Gasteiger partial charge in [-0.25, -0.2) is 0 Å². The number of hydrogen-bond donors (Lipinski definition) is 0. The van der Waals surface area contributed by atoms with Gasteiger partial charge in [0.15, 0.2) is 0 Å². The van der Waals surface area contributed by atoms with E-state index in [2.05, 4.69) is 22.9 Å². The molecule has 1 aromatic heterocycles. The molecule has 0 bridgehead atoms. The maximum absolute atomic E-state index is 12.7. The van der Waals surface area contributed by atoms with Gasteiger partial charge in [-0.3, -0.25) is 4.79 Å². The van der Waals surface area contributed by atoms with Crippen molar-refractivity contribution in [2.24, 2.45) is 0 Å². The van der Waals surface area contributed by atoms with Crippen molar-refractivity contribution in [2.75, 3.05) is 7.05 Å². The molecule has 28 heavy (non-hydrogen) atoms. The summed E-state index contributed by atoms with van der Waals surface area (Å²) in [6, 6.07) is 19.3. The van der Waals surface area contributed by atoms with Gasteiger partial charge in [0.1, 0.15) is 18.1 Å². The topological polar surface area (TPSA) is 42.7 Å². The molecule has 3 rings (SSSR count). The molecule has 4 nitrogen and oxygen atoms in total. The Kier molecular flexibility index (Phi) is 6.93. The minimum Gasteiger partial charge on any atom is -0.488 e. The van der Waals surface area contributed by atoms with E-state index in [1.54, 1.807) is 11.2 Å². The number of hydrogen-bond acceptors (Lipinski definition) is 3. The molecule has 1 amide bonds. The van der Waals surface area contributed by atoms with Crippen LogP contribution in [0, 0.1) is 0 Å². The lowest BCUT2D eigenvalue weighted by atomic mass is 10.1. The number of nitrogens with zero attached hydrogens (tertiary/aromatic N) is 1. The molecule has 0 aliphatic heterocycles. The lowest BCUT2D eigenvalue weighted by Gasteiger charge is -2.25. The standard InChI is InChI=1S/C23H24BrNO3/c1-17(9-14-20-6-5-15-27-20)25(2)23(26)19-12-10-18(11-13-19)16-28-22-8-4-3-7-21(22)24/h3-8,10-13,15,17H,9,14,16H2,1-2H3/t17-/m0/s1. The molecule has 0 saturated heterocycles. The van der Waals surface area contributed by atoms with Crippen LogP contribution >= 0.6 is 15.9 Å². The van der Waals surface area contributed by atoms with E-state index < -0.39 is 0 Å². The van der Waals surface area contributed by atoms with Crippen molar-refractivity contribution >= 4 is 21.8 Å². The molecular formula is C23H24BrNO3. The van der Waals surface area contributed by atoms with E-state index in [0.29, 0.717) is 12.2 Å². The predicted molar refractivity (Wildman–Crippen MR) is 114 cm³/mol. The molecule has 0 N–H and O–H groups in total. The second kappa shape index (κ2) is 9.60. The molecule has 3 aromatic rings. The Balaban J connectivity index is 1.54. The fourth-order valence-corrected chi connectivity index (χ4v) is 3.27. The molecule has 1 atom stereocenters. The second-order valence-corrected chi connectivity index (χ2v) is 7.65. The van der Waals surface area contributed by atoms with Crippen LogP contribution in [-0.2, 0) is 13.0 Å². The van der Waals surface area contributed by atoms with Gasteiger partial charge in [-0.1, -0.05) is 24.3 Å². The highest BCUT2D eigenvalue weighted by atomic mass is 79.9. The fourth-order valence-electron chi connectivity index (χ4n) is 2.87. The Morgan fingerprint density at radius 2 is 1.86 bits per heavy atom. The molecule has 2 aromatic carbocycles. The minimum atomic E-state index is 0.0187. The van der Waals surface area contributed by atoms with Gasteiger partial charge < -0.3 is 14.1 Å². The molecule has 0 aliphatic rings. The van der Waals surface area contributed by atoms with Crippen LogP contribution in [0.5, 0.6) is 5.75 Å². The zero-order valence-electron chi connectivity index (χ0n) is 16.1. The average Bonchev–Trinajstić information content (AvgIpc) is 3.24. The third kappa shape index (κ3) is 5.26. The quantitative estimate of drug-likeness (QED) is 0.449. The van der Waals surface area contributed by atoms with Crippen molar-refractivity contribution < 1.29 is 13.9 Å². The Bertz CT molecular complexity index is 890. The second-order valence-electron chi connectivity index (χ2n) is 6.80. The van der Waals surface area contributed by atoms with Gasteiger partial charge in [0.25, 0.3) is 5.91 Å².